The molecule has 0 fully saturated rings. The number of anilines is 2. The predicted octanol–water partition coefficient (Wildman–Crippen LogP) is 17.2. The summed E-state index contributed by atoms with van der Waals surface area (Å²) in [5.74, 6) is 0. The Kier molecular flexibility index (Phi) is 9.06. The smallest absolute Gasteiger partial charge is 0.0641 e. The first kappa shape index (κ1) is 36.8. The van der Waals surface area contributed by atoms with Crippen LogP contribution in [-0.4, -0.2) is 4.57 Å². The van der Waals surface area contributed by atoms with Crippen LogP contribution in [0.5, 0.6) is 0 Å². The van der Waals surface area contributed by atoms with Gasteiger partial charge in [0.2, 0.25) is 0 Å². The predicted molar refractivity (Wildman–Crippen MR) is 271 cm³/mol. The van der Waals surface area contributed by atoms with Crippen LogP contribution >= 0.6 is 11.3 Å². The van der Waals surface area contributed by atoms with Gasteiger partial charge in [-0.25, -0.2) is 0 Å². The van der Waals surface area contributed by atoms with Crippen LogP contribution in [0.15, 0.2) is 237 Å². The average molecular weight is 821 g/mol. The number of nitrogens with zero attached hydrogens (tertiary/aromatic N) is 1. The van der Waals surface area contributed by atoms with Crippen LogP contribution in [-0.2, 0) is 0 Å². The molecular weight excluding hydrogens is 781 g/mol. The Morgan fingerprint density at radius 2 is 0.889 bits per heavy atom. The Labute approximate surface area is 370 Å². The molecule has 12 rings (SSSR count). The molecule has 0 bridgehead atoms. The first-order chi connectivity index (χ1) is 31.3. The molecule has 0 amide bonds. The van der Waals surface area contributed by atoms with Crippen molar-refractivity contribution in [3.63, 3.8) is 0 Å². The molecule has 0 radical (unpaired) electrons. The van der Waals surface area contributed by atoms with Crippen LogP contribution in [0.1, 0.15) is 0 Å². The molecular formula is C60H40N2S. The van der Waals surface area contributed by atoms with Gasteiger partial charge in [0.25, 0.3) is 0 Å². The SMILES string of the molecule is c1ccc(-c2cccc(-c3ccc(-n4c5ccccc5c5ccc(-c6cccc(-c7ccccc7)c6Nc6ccccc6-c6ccccc6)cc54)c4sc5ccccc5c34)c2)cc1. The van der Waals surface area contributed by atoms with E-state index in [1.54, 1.807) is 0 Å². The normalized spacial score (nSPS) is 11.5. The van der Waals surface area contributed by atoms with Crippen LogP contribution in [0.3, 0.4) is 0 Å². The minimum Gasteiger partial charge on any atom is -0.354 e. The number of fused-ring (bicyclic) bond motifs is 6. The van der Waals surface area contributed by atoms with E-state index in [0.717, 1.165) is 39.2 Å². The summed E-state index contributed by atoms with van der Waals surface area (Å²) < 4.78 is 5.07. The second kappa shape index (κ2) is 15.5. The van der Waals surface area contributed by atoms with Crippen LogP contribution in [0, 0.1) is 0 Å². The molecule has 0 spiro atoms. The number of thiophene rings is 1. The summed E-state index contributed by atoms with van der Waals surface area (Å²) in [7, 11) is 0. The van der Waals surface area contributed by atoms with Crippen molar-refractivity contribution in [2.75, 3.05) is 5.32 Å². The molecule has 12 aromatic rings. The van der Waals surface area contributed by atoms with E-state index in [4.69, 9.17) is 0 Å². The lowest BCUT2D eigenvalue weighted by Gasteiger charge is -2.20. The van der Waals surface area contributed by atoms with Gasteiger partial charge in [-0.15, -0.1) is 11.3 Å². The number of hydrogen-bond donors (Lipinski definition) is 1. The van der Waals surface area contributed by atoms with Crippen molar-refractivity contribution < 1.29 is 0 Å². The van der Waals surface area contributed by atoms with E-state index < -0.39 is 0 Å². The van der Waals surface area contributed by atoms with Gasteiger partial charge >= 0.3 is 0 Å². The van der Waals surface area contributed by atoms with Gasteiger partial charge in [-0.2, -0.15) is 0 Å². The summed E-state index contributed by atoms with van der Waals surface area (Å²) in [5, 5.41) is 9.04. The lowest BCUT2D eigenvalue weighted by atomic mass is 9.94. The maximum absolute atomic E-state index is 4.00. The van der Waals surface area contributed by atoms with Gasteiger partial charge in [-0.05, 0) is 75.3 Å². The minimum atomic E-state index is 1.06. The van der Waals surface area contributed by atoms with Crippen molar-refractivity contribution in [3.05, 3.63) is 237 Å². The topological polar surface area (TPSA) is 17.0 Å². The molecule has 63 heavy (non-hydrogen) atoms. The quantitative estimate of drug-likeness (QED) is 0.162. The maximum Gasteiger partial charge on any atom is 0.0641 e. The number of hydrogen-bond acceptors (Lipinski definition) is 2. The van der Waals surface area contributed by atoms with Crippen LogP contribution in [0.4, 0.5) is 11.4 Å². The van der Waals surface area contributed by atoms with Gasteiger partial charge in [-0.1, -0.05) is 200 Å². The van der Waals surface area contributed by atoms with Gasteiger partial charge in [0.15, 0.2) is 0 Å². The van der Waals surface area contributed by atoms with Gasteiger partial charge in [-0.3, -0.25) is 0 Å². The van der Waals surface area contributed by atoms with E-state index in [9.17, 15) is 0 Å². The maximum atomic E-state index is 4.00. The highest BCUT2D eigenvalue weighted by Gasteiger charge is 2.21. The fourth-order valence-corrected chi connectivity index (χ4v) is 10.7. The van der Waals surface area contributed by atoms with E-state index in [1.165, 1.54) is 75.5 Å². The van der Waals surface area contributed by atoms with Crippen LogP contribution in [0.2, 0.25) is 0 Å². The number of rotatable bonds is 8. The van der Waals surface area contributed by atoms with E-state index in [0.29, 0.717) is 0 Å². The molecule has 0 aliphatic rings. The van der Waals surface area contributed by atoms with E-state index in [-0.39, 0.29) is 0 Å². The van der Waals surface area contributed by atoms with Crippen molar-refractivity contribution in [3.8, 4) is 61.3 Å². The zero-order valence-electron chi connectivity index (χ0n) is 34.4. The summed E-state index contributed by atoms with van der Waals surface area (Å²) >= 11 is 1.89. The van der Waals surface area contributed by atoms with Crippen molar-refractivity contribution in [2.24, 2.45) is 0 Å². The third-order valence-corrected chi connectivity index (χ3v) is 13.6. The monoisotopic (exact) mass is 820 g/mol. The third-order valence-electron chi connectivity index (χ3n) is 12.4. The van der Waals surface area contributed by atoms with Crippen LogP contribution in [0.25, 0.3) is 103 Å². The number of para-hydroxylation sites is 3. The summed E-state index contributed by atoms with van der Waals surface area (Å²) in [6.07, 6.45) is 0. The molecule has 0 saturated heterocycles. The van der Waals surface area contributed by atoms with Gasteiger partial charge in [0.05, 0.1) is 27.1 Å². The fraction of sp³-hybridized carbons (Fsp3) is 0. The largest absolute Gasteiger partial charge is 0.354 e. The molecule has 1 N–H and O–H groups in total. The second-order valence-electron chi connectivity index (χ2n) is 16.1. The summed E-state index contributed by atoms with van der Waals surface area (Å²) in [6, 6.07) is 85.8. The van der Waals surface area contributed by atoms with E-state index >= 15 is 0 Å². The minimum absolute atomic E-state index is 1.06. The molecule has 2 aromatic heterocycles. The molecule has 3 heteroatoms. The highest BCUT2D eigenvalue weighted by atomic mass is 32.1. The van der Waals surface area contributed by atoms with Gasteiger partial charge in [0, 0.05) is 48.6 Å². The molecule has 296 valence electrons. The summed E-state index contributed by atoms with van der Waals surface area (Å²) in [5.41, 5.74) is 17.5. The Morgan fingerprint density at radius 3 is 1.68 bits per heavy atom. The molecule has 0 saturated carbocycles. The van der Waals surface area contributed by atoms with E-state index in [1.807, 2.05) is 11.3 Å². The Bertz CT molecular complexity index is 3640. The summed E-state index contributed by atoms with van der Waals surface area (Å²) in [6.45, 7) is 0. The van der Waals surface area contributed by atoms with Crippen molar-refractivity contribution in [1.82, 2.24) is 4.57 Å². The zero-order chi connectivity index (χ0) is 41.7. The molecule has 2 nitrogen and oxygen atoms in total. The highest BCUT2D eigenvalue weighted by Crippen LogP contribution is 2.47. The standard InChI is InChI=1S/C60H40N2S/c1-4-18-40(19-5-1)43-24-16-25-44(38-43)47-36-37-55(60-58(47)52-28-12-15-33-57(52)63-60)62-54-32-14-11-27-50(54)51-35-34-45(39-56(51)62)49-30-17-29-48(42-22-8-3-9-23-42)59(49)61-53-31-13-10-26-46(53)41-20-6-2-7-21-41/h1-39,61H. The Hall–Kier alpha value is -7.98. The van der Waals surface area contributed by atoms with Crippen molar-refractivity contribution >= 4 is 64.7 Å². The first-order valence-corrected chi connectivity index (χ1v) is 22.3. The van der Waals surface area contributed by atoms with Crippen molar-refractivity contribution in [1.29, 1.82) is 0 Å². The Morgan fingerprint density at radius 1 is 0.333 bits per heavy atom. The fourth-order valence-electron chi connectivity index (χ4n) is 9.51. The molecule has 10 aromatic carbocycles. The summed E-state index contributed by atoms with van der Waals surface area (Å²) in [4.78, 5) is 0. The lowest BCUT2D eigenvalue weighted by Crippen LogP contribution is -1.99. The Balaban J connectivity index is 1.08. The first-order valence-electron chi connectivity index (χ1n) is 21.5. The molecule has 0 unspecified atom stereocenters. The average Bonchev–Trinajstić information content (AvgIpc) is 3.91. The van der Waals surface area contributed by atoms with Gasteiger partial charge in [0.1, 0.15) is 0 Å². The van der Waals surface area contributed by atoms with E-state index in [2.05, 4.69) is 246 Å². The van der Waals surface area contributed by atoms with Gasteiger partial charge < -0.3 is 9.88 Å². The number of benzene rings is 10. The molecule has 0 atom stereocenters. The van der Waals surface area contributed by atoms with Crippen LogP contribution < -0.4 is 5.32 Å². The zero-order valence-corrected chi connectivity index (χ0v) is 35.2. The molecule has 0 aliphatic heterocycles. The number of aromatic nitrogens is 1. The molecule has 2 heterocycles. The second-order valence-corrected chi connectivity index (χ2v) is 17.1. The lowest BCUT2D eigenvalue weighted by molar-refractivity contribution is 1.20. The van der Waals surface area contributed by atoms with Crippen molar-refractivity contribution in [2.45, 2.75) is 0 Å². The molecule has 0 aliphatic carbocycles. The highest BCUT2D eigenvalue weighted by molar-refractivity contribution is 7.26. The third kappa shape index (κ3) is 6.41. The number of nitrogens with one attached hydrogen (secondary N) is 1.